The van der Waals surface area contributed by atoms with Crippen molar-refractivity contribution in [2.45, 2.75) is 6.54 Å². The van der Waals surface area contributed by atoms with E-state index >= 15 is 0 Å². The molecular weight excluding hydrogens is 254 g/mol. The first-order chi connectivity index (χ1) is 8.54. The molecule has 0 aliphatic carbocycles. The largest absolute Gasteiger partial charge is 0.350 e. The molecule has 0 saturated carbocycles. The summed E-state index contributed by atoms with van der Waals surface area (Å²) in [4.78, 5) is 14.0. The molecule has 0 atom stereocenters. The van der Waals surface area contributed by atoms with Crippen molar-refractivity contribution >= 4 is 23.5 Å². The zero-order valence-corrected chi connectivity index (χ0v) is 11.2. The van der Waals surface area contributed by atoms with E-state index < -0.39 is 0 Å². The third-order valence-corrected chi connectivity index (χ3v) is 2.37. The van der Waals surface area contributed by atoms with Gasteiger partial charge in [0.15, 0.2) is 0 Å². The molecular formula is C10H14ClN7. The minimum absolute atomic E-state index is 0.169. The van der Waals surface area contributed by atoms with Crippen LogP contribution < -0.4 is 10.2 Å². The third kappa shape index (κ3) is 3.07. The lowest BCUT2D eigenvalue weighted by Crippen LogP contribution is -2.15. The van der Waals surface area contributed by atoms with Crippen LogP contribution in [0.2, 0.25) is 5.28 Å². The highest BCUT2D eigenvalue weighted by Crippen LogP contribution is 2.12. The van der Waals surface area contributed by atoms with E-state index in [1.807, 2.05) is 27.3 Å². The van der Waals surface area contributed by atoms with Crippen LogP contribution >= 0.6 is 11.6 Å². The van der Waals surface area contributed by atoms with E-state index in [1.54, 1.807) is 15.8 Å². The number of nitrogens with one attached hydrogen (secondary N) is 1. The van der Waals surface area contributed by atoms with Gasteiger partial charge in [-0.3, -0.25) is 4.68 Å². The number of hydrogen-bond donors (Lipinski definition) is 1. The van der Waals surface area contributed by atoms with Crippen LogP contribution in [0.5, 0.6) is 0 Å². The molecule has 0 bridgehead atoms. The summed E-state index contributed by atoms with van der Waals surface area (Å²) < 4.78 is 1.74. The van der Waals surface area contributed by atoms with Crippen LogP contribution in [-0.4, -0.2) is 38.8 Å². The van der Waals surface area contributed by atoms with Crippen molar-refractivity contribution in [3.8, 4) is 0 Å². The van der Waals surface area contributed by atoms with Crippen LogP contribution in [0.4, 0.5) is 11.9 Å². The molecule has 0 amide bonds. The maximum absolute atomic E-state index is 5.83. The quantitative estimate of drug-likeness (QED) is 0.889. The van der Waals surface area contributed by atoms with Crippen molar-refractivity contribution in [3.05, 3.63) is 23.2 Å². The molecule has 2 rings (SSSR count). The number of nitrogens with zero attached hydrogens (tertiary/aromatic N) is 6. The Balaban J connectivity index is 2.09. The second kappa shape index (κ2) is 5.18. The molecule has 0 spiro atoms. The summed E-state index contributed by atoms with van der Waals surface area (Å²) in [6, 6.07) is 0. The second-order valence-corrected chi connectivity index (χ2v) is 4.34. The van der Waals surface area contributed by atoms with Gasteiger partial charge in [0.1, 0.15) is 0 Å². The van der Waals surface area contributed by atoms with E-state index in [0.29, 0.717) is 18.4 Å². The van der Waals surface area contributed by atoms with Gasteiger partial charge < -0.3 is 10.2 Å². The zero-order chi connectivity index (χ0) is 13.1. The van der Waals surface area contributed by atoms with Crippen LogP contribution in [0, 0.1) is 0 Å². The molecule has 0 saturated heterocycles. The van der Waals surface area contributed by atoms with Gasteiger partial charge in [-0.1, -0.05) is 0 Å². The highest BCUT2D eigenvalue weighted by molar-refractivity contribution is 6.28. The van der Waals surface area contributed by atoms with Crippen molar-refractivity contribution in [1.82, 2.24) is 24.7 Å². The lowest BCUT2D eigenvalue weighted by Gasteiger charge is -2.11. The van der Waals surface area contributed by atoms with E-state index in [0.717, 1.165) is 5.56 Å². The van der Waals surface area contributed by atoms with Crippen LogP contribution in [0.1, 0.15) is 5.56 Å². The summed E-state index contributed by atoms with van der Waals surface area (Å²) in [5.74, 6) is 0.964. The number of rotatable bonds is 4. The number of aryl methyl sites for hydroxylation is 1. The fourth-order valence-corrected chi connectivity index (χ4v) is 1.52. The van der Waals surface area contributed by atoms with Gasteiger partial charge in [-0.25, -0.2) is 0 Å². The van der Waals surface area contributed by atoms with Crippen LogP contribution in [0.25, 0.3) is 0 Å². The van der Waals surface area contributed by atoms with Crippen LogP contribution in [0.15, 0.2) is 12.4 Å². The molecule has 18 heavy (non-hydrogen) atoms. The Kier molecular flexibility index (Phi) is 3.61. The normalized spacial score (nSPS) is 10.4. The van der Waals surface area contributed by atoms with Gasteiger partial charge in [-0.2, -0.15) is 20.1 Å². The van der Waals surface area contributed by atoms with Crippen molar-refractivity contribution in [1.29, 1.82) is 0 Å². The van der Waals surface area contributed by atoms with E-state index in [-0.39, 0.29) is 5.28 Å². The molecule has 7 nitrogen and oxygen atoms in total. The number of aromatic nitrogens is 5. The van der Waals surface area contributed by atoms with Crippen molar-refractivity contribution < 1.29 is 0 Å². The molecule has 2 aromatic heterocycles. The molecule has 0 unspecified atom stereocenters. The zero-order valence-electron chi connectivity index (χ0n) is 10.4. The van der Waals surface area contributed by atoms with E-state index in [2.05, 4.69) is 25.4 Å². The van der Waals surface area contributed by atoms with Crippen molar-refractivity contribution in [2.24, 2.45) is 7.05 Å². The maximum Gasteiger partial charge on any atom is 0.230 e. The molecule has 0 radical (unpaired) electrons. The lowest BCUT2D eigenvalue weighted by molar-refractivity contribution is 0.767. The summed E-state index contributed by atoms with van der Waals surface area (Å²) in [6.45, 7) is 0.584. The summed E-state index contributed by atoms with van der Waals surface area (Å²) >= 11 is 5.83. The molecule has 96 valence electrons. The minimum atomic E-state index is 0.169. The van der Waals surface area contributed by atoms with E-state index in [4.69, 9.17) is 11.6 Å². The van der Waals surface area contributed by atoms with Gasteiger partial charge in [0.05, 0.1) is 6.20 Å². The Hall–Kier alpha value is -1.89. The van der Waals surface area contributed by atoms with Gasteiger partial charge >= 0.3 is 0 Å². The van der Waals surface area contributed by atoms with Crippen LogP contribution in [-0.2, 0) is 13.6 Å². The van der Waals surface area contributed by atoms with E-state index in [1.165, 1.54) is 0 Å². The molecule has 0 aromatic carbocycles. The summed E-state index contributed by atoms with van der Waals surface area (Å²) in [7, 11) is 5.56. The Morgan fingerprint density at radius 2 is 2.11 bits per heavy atom. The smallest absolute Gasteiger partial charge is 0.230 e. The van der Waals surface area contributed by atoms with Gasteiger partial charge in [-0.05, 0) is 11.6 Å². The fourth-order valence-electron chi connectivity index (χ4n) is 1.36. The van der Waals surface area contributed by atoms with Gasteiger partial charge in [0.2, 0.25) is 17.2 Å². The number of anilines is 2. The number of halogens is 1. The molecule has 2 aromatic rings. The molecule has 8 heteroatoms. The molecule has 2 heterocycles. The standard InChI is InChI=1S/C10H14ClN7/c1-17(2)10-15-8(11)14-9(16-10)12-4-7-5-13-18(3)6-7/h5-6H,4H2,1-3H3,(H,12,14,15,16). The SMILES string of the molecule is CN(C)c1nc(Cl)nc(NCc2cnn(C)c2)n1. The van der Waals surface area contributed by atoms with Gasteiger partial charge in [0, 0.05) is 39.4 Å². The second-order valence-electron chi connectivity index (χ2n) is 4.00. The highest BCUT2D eigenvalue weighted by atomic mass is 35.5. The van der Waals surface area contributed by atoms with E-state index in [9.17, 15) is 0 Å². The fraction of sp³-hybridized carbons (Fsp3) is 0.400. The highest BCUT2D eigenvalue weighted by Gasteiger charge is 2.06. The van der Waals surface area contributed by atoms with Crippen molar-refractivity contribution in [2.75, 3.05) is 24.3 Å². The average molecular weight is 268 g/mol. The Morgan fingerprint density at radius 3 is 2.72 bits per heavy atom. The molecule has 0 aliphatic rings. The molecule has 0 aliphatic heterocycles. The number of hydrogen-bond acceptors (Lipinski definition) is 6. The minimum Gasteiger partial charge on any atom is -0.350 e. The first-order valence-corrected chi connectivity index (χ1v) is 5.72. The van der Waals surface area contributed by atoms with Gasteiger partial charge in [0.25, 0.3) is 0 Å². The predicted octanol–water partition coefficient (Wildman–Crippen LogP) is 0.937. The summed E-state index contributed by atoms with van der Waals surface area (Å²) in [5.41, 5.74) is 1.04. The molecule has 0 fully saturated rings. The average Bonchev–Trinajstić information content (AvgIpc) is 2.72. The topological polar surface area (TPSA) is 71.8 Å². The Bertz CT molecular complexity index is 537. The van der Waals surface area contributed by atoms with Crippen molar-refractivity contribution in [3.63, 3.8) is 0 Å². The lowest BCUT2D eigenvalue weighted by atomic mass is 10.4. The van der Waals surface area contributed by atoms with Crippen LogP contribution in [0.3, 0.4) is 0 Å². The first-order valence-electron chi connectivity index (χ1n) is 5.35. The maximum atomic E-state index is 5.83. The Morgan fingerprint density at radius 1 is 1.33 bits per heavy atom. The van der Waals surface area contributed by atoms with Gasteiger partial charge in [-0.15, -0.1) is 0 Å². The Labute approximate surface area is 110 Å². The predicted molar refractivity (Wildman–Crippen MR) is 69.7 cm³/mol. The first kappa shape index (κ1) is 12.6. The molecule has 1 N–H and O–H groups in total. The third-order valence-electron chi connectivity index (χ3n) is 2.21. The monoisotopic (exact) mass is 267 g/mol. The summed E-state index contributed by atoms with van der Waals surface area (Å²) in [5, 5.41) is 7.33. The summed E-state index contributed by atoms with van der Waals surface area (Å²) in [6.07, 6.45) is 3.70.